The molecule has 0 aromatic carbocycles. The summed E-state index contributed by atoms with van der Waals surface area (Å²) in [6, 6.07) is 0. The SMILES string of the molecule is CCC[CH2][Hf+3][C]1=CC=CC1.[F-].[F-].[F-]. The van der Waals surface area contributed by atoms with Gasteiger partial charge in [0.05, 0.1) is 0 Å². The van der Waals surface area contributed by atoms with Gasteiger partial charge >= 0.3 is 74.8 Å². The molecule has 0 bridgehead atoms. The van der Waals surface area contributed by atoms with Gasteiger partial charge in [-0.1, -0.05) is 0 Å². The van der Waals surface area contributed by atoms with E-state index in [1.807, 2.05) is 3.33 Å². The molecule has 0 aliphatic heterocycles. The van der Waals surface area contributed by atoms with Crippen molar-refractivity contribution in [3.8, 4) is 0 Å². The van der Waals surface area contributed by atoms with Gasteiger partial charge in [-0.15, -0.1) is 0 Å². The van der Waals surface area contributed by atoms with Crippen molar-refractivity contribution >= 4 is 0 Å². The van der Waals surface area contributed by atoms with Crippen LogP contribution < -0.4 is 14.1 Å². The molecule has 0 saturated carbocycles. The second-order valence-corrected chi connectivity index (χ2v) is 7.98. The summed E-state index contributed by atoms with van der Waals surface area (Å²) in [6.07, 6.45) is 11.0. The Bertz CT molecular complexity index is 155. The van der Waals surface area contributed by atoms with E-state index in [1.54, 1.807) is 4.18 Å². The summed E-state index contributed by atoms with van der Waals surface area (Å²) in [5.74, 6) is 0. The van der Waals surface area contributed by atoms with Crippen LogP contribution in [0.15, 0.2) is 21.6 Å². The Balaban J connectivity index is -0.000000333. The summed E-state index contributed by atoms with van der Waals surface area (Å²) >= 11 is -0.283. The normalized spacial score (nSPS) is 11.6. The summed E-state index contributed by atoms with van der Waals surface area (Å²) in [5.41, 5.74) is 0. The Morgan fingerprint density at radius 3 is 2.46 bits per heavy atom. The van der Waals surface area contributed by atoms with Gasteiger partial charge in [-0.3, -0.25) is 0 Å². The molecule has 0 spiro atoms. The van der Waals surface area contributed by atoms with Crippen molar-refractivity contribution in [2.24, 2.45) is 0 Å². The zero-order chi connectivity index (χ0) is 7.23. The van der Waals surface area contributed by atoms with E-state index in [0.29, 0.717) is 0 Å². The average molecular weight is 358 g/mol. The predicted molar refractivity (Wildman–Crippen MR) is 41.6 cm³/mol. The summed E-state index contributed by atoms with van der Waals surface area (Å²) in [6.45, 7) is 2.28. The zero-order valence-electron chi connectivity index (χ0n) is 7.69. The van der Waals surface area contributed by atoms with Gasteiger partial charge in [0.2, 0.25) is 0 Å². The van der Waals surface area contributed by atoms with E-state index in [0.717, 1.165) is 0 Å². The summed E-state index contributed by atoms with van der Waals surface area (Å²) in [5, 5.41) is 0. The second kappa shape index (κ2) is 12.1. The van der Waals surface area contributed by atoms with Crippen molar-refractivity contribution < 1.29 is 37.0 Å². The molecule has 0 nitrogen and oxygen atoms in total. The maximum Gasteiger partial charge on any atom is -1.00 e. The molecule has 0 amide bonds. The number of hydrogen-bond donors (Lipinski definition) is 0. The van der Waals surface area contributed by atoms with Crippen molar-refractivity contribution in [3.63, 3.8) is 0 Å². The molecule has 0 saturated heterocycles. The summed E-state index contributed by atoms with van der Waals surface area (Å²) < 4.78 is 3.39. The Morgan fingerprint density at radius 1 is 1.31 bits per heavy atom. The van der Waals surface area contributed by atoms with Gasteiger partial charge < -0.3 is 14.1 Å². The maximum absolute atomic E-state index is 2.35. The fraction of sp³-hybridized carbons (Fsp3) is 0.556. The van der Waals surface area contributed by atoms with E-state index >= 15 is 0 Å². The monoisotopic (exact) mass is 359 g/mol. The summed E-state index contributed by atoms with van der Waals surface area (Å²) in [7, 11) is 0. The summed E-state index contributed by atoms with van der Waals surface area (Å²) in [4.78, 5) is 0. The molecule has 0 unspecified atom stereocenters. The third kappa shape index (κ3) is 8.47. The standard InChI is InChI=1S/C5H5.C4H9.3FH.Hf/c1-2-4-5-3-1;1-3-4-2;;;;/h1-3H,4H2;1,3-4H2,2H3;3*1H;/q;;;;;+3/p-3. The minimum atomic E-state index is -0.283. The minimum Gasteiger partial charge on any atom is -1.00 e. The first-order valence-corrected chi connectivity index (χ1v) is 8.36. The van der Waals surface area contributed by atoms with E-state index in [-0.39, 0.29) is 37.0 Å². The average Bonchev–Trinajstić information content (AvgIpc) is 2.41. The fourth-order valence-electron chi connectivity index (χ4n) is 1.00. The van der Waals surface area contributed by atoms with Crippen LogP contribution in [0.1, 0.15) is 26.2 Å². The van der Waals surface area contributed by atoms with Crippen molar-refractivity contribution in [3.05, 3.63) is 21.6 Å². The van der Waals surface area contributed by atoms with Gasteiger partial charge in [0.15, 0.2) is 0 Å². The van der Waals surface area contributed by atoms with Crippen LogP contribution in [-0.2, 0) is 22.9 Å². The molecule has 0 fully saturated rings. The van der Waals surface area contributed by atoms with Crippen LogP contribution in [0.3, 0.4) is 0 Å². The molecule has 1 aliphatic rings. The Hall–Kier alpha value is 0.140. The quantitative estimate of drug-likeness (QED) is 0.347. The molecule has 1 aliphatic carbocycles. The third-order valence-electron chi connectivity index (χ3n) is 1.65. The number of hydrogen-bond acceptors (Lipinski definition) is 0. The van der Waals surface area contributed by atoms with E-state index < -0.39 is 0 Å². The van der Waals surface area contributed by atoms with Crippen LogP contribution in [0.25, 0.3) is 0 Å². The largest absolute Gasteiger partial charge is 1.00 e. The topological polar surface area (TPSA) is 0 Å². The van der Waals surface area contributed by atoms with Gasteiger partial charge in [0, 0.05) is 0 Å². The molecular formula is C9H14F3Hf. The second-order valence-electron chi connectivity index (χ2n) is 2.60. The van der Waals surface area contributed by atoms with E-state index in [9.17, 15) is 0 Å². The Morgan fingerprint density at radius 2 is 2.00 bits per heavy atom. The fourth-order valence-corrected chi connectivity index (χ4v) is 5.77. The van der Waals surface area contributed by atoms with Gasteiger partial charge in [-0.05, 0) is 0 Å². The third-order valence-corrected chi connectivity index (χ3v) is 6.79. The van der Waals surface area contributed by atoms with Crippen molar-refractivity contribution in [2.45, 2.75) is 30.4 Å². The van der Waals surface area contributed by atoms with Gasteiger partial charge in [-0.25, -0.2) is 0 Å². The number of rotatable bonds is 4. The number of unbranched alkanes of at least 4 members (excludes halogenated alkanes) is 1. The van der Waals surface area contributed by atoms with Crippen LogP contribution in [0.2, 0.25) is 4.18 Å². The Kier molecular flexibility index (Phi) is 17.6. The molecule has 1 rings (SSSR count). The van der Waals surface area contributed by atoms with Crippen molar-refractivity contribution in [1.29, 1.82) is 0 Å². The van der Waals surface area contributed by atoms with Gasteiger partial charge in [0.25, 0.3) is 0 Å². The first kappa shape index (κ1) is 18.8. The minimum absolute atomic E-state index is 0. The predicted octanol–water partition coefficient (Wildman–Crippen LogP) is -5.86. The molecule has 0 atom stereocenters. The molecule has 0 aromatic heterocycles. The van der Waals surface area contributed by atoms with Crippen LogP contribution in [0.4, 0.5) is 0 Å². The molecule has 0 heterocycles. The van der Waals surface area contributed by atoms with E-state index in [2.05, 4.69) is 25.2 Å². The zero-order valence-corrected chi connectivity index (χ0v) is 11.3. The first-order valence-electron chi connectivity index (χ1n) is 4.03. The molecule has 75 valence electrons. The van der Waals surface area contributed by atoms with Crippen molar-refractivity contribution in [1.82, 2.24) is 0 Å². The molecule has 4 heteroatoms. The molecular weight excluding hydrogens is 344 g/mol. The Labute approximate surface area is 88.9 Å². The molecule has 0 N–H and O–H groups in total. The number of allylic oxidation sites excluding steroid dienone is 4. The van der Waals surface area contributed by atoms with E-state index in [4.69, 9.17) is 0 Å². The molecule has 0 aromatic rings. The smallest absolute Gasteiger partial charge is 1.00 e. The van der Waals surface area contributed by atoms with Gasteiger partial charge in [0.1, 0.15) is 0 Å². The number of halogens is 3. The van der Waals surface area contributed by atoms with E-state index in [1.165, 1.54) is 19.3 Å². The van der Waals surface area contributed by atoms with Crippen LogP contribution in [0.5, 0.6) is 0 Å². The van der Waals surface area contributed by atoms with Crippen molar-refractivity contribution in [2.75, 3.05) is 0 Å². The van der Waals surface area contributed by atoms with Gasteiger partial charge in [-0.2, -0.15) is 0 Å². The van der Waals surface area contributed by atoms with Crippen LogP contribution in [-0.4, -0.2) is 0 Å². The molecule has 13 heavy (non-hydrogen) atoms. The van der Waals surface area contributed by atoms with Crippen LogP contribution in [0, 0.1) is 0 Å². The maximum atomic E-state index is 2.35. The van der Waals surface area contributed by atoms with Crippen LogP contribution >= 0.6 is 0 Å². The first-order chi connectivity index (χ1) is 4.93. The molecule has 0 radical (unpaired) electrons.